The summed E-state index contributed by atoms with van der Waals surface area (Å²) in [6.07, 6.45) is 0. The molecule has 7 aromatic carbocycles. The van der Waals surface area contributed by atoms with Gasteiger partial charge in [0.05, 0.1) is 21.3 Å². The van der Waals surface area contributed by atoms with Crippen molar-refractivity contribution in [2.24, 2.45) is 0 Å². The molecular weight excluding hydrogens is 607 g/mol. The summed E-state index contributed by atoms with van der Waals surface area (Å²) in [7, 11) is 0. The first kappa shape index (κ1) is 26.9. The van der Waals surface area contributed by atoms with Crippen LogP contribution in [0.15, 0.2) is 152 Å². The fourth-order valence-electron chi connectivity index (χ4n) is 6.73. The van der Waals surface area contributed by atoms with Gasteiger partial charge in [-0.1, -0.05) is 133 Å². The molecule has 0 saturated carbocycles. The van der Waals surface area contributed by atoms with Crippen LogP contribution in [0.5, 0.6) is 0 Å². The Hall–Kier alpha value is -6.24. The van der Waals surface area contributed by atoms with Crippen molar-refractivity contribution in [1.29, 1.82) is 0 Å². The zero-order valence-corrected chi connectivity index (χ0v) is 26.4. The van der Waals surface area contributed by atoms with Crippen LogP contribution < -0.4 is 0 Å². The van der Waals surface area contributed by atoms with Gasteiger partial charge in [0, 0.05) is 22.1 Å². The lowest BCUT2D eigenvalue weighted by atomic mass is 9.96. The van der Waals surface area contributed by atoms with Gasteiger partial charge in [-0.25, -0.2) is 19.9 Å². The Morgan fingerprint density at radius 2 is 1.00 bits per heavy atom. The second-order valence-corrected chi connectivity index (χ2v) is 12.9. The molecule has 0 amide bonds. The van der Waals surface area contributed by atoms with Gasteiger partial charge in [0.2, 0.25) is 0 Å². The van der Waals surface area contributed by atoms with Crippen LogP contribution in [-0.2, 0) is 0 Å². The number of benzene rings is 7. The highest BCUT2D eigenvalue weighted by Gasteiger charge is 2.16. The number of imidazole rings is 1. The summed E-state index contributed by atoms with van der Waals surface area (Å²) < 4.78 is 3.55. The SMILES string of the molecule is c1ccc(-c2nc(-c3ccccc3)nc(-c3cccc(-c4ccc5ccc6ccc7c(sc8nc9ccccc9n87)c6c5c4)c3)n2)cc1. The molecule has 0 spiro atoms. The number of fused-ring (bicyclic) bond motifs is 9. The van der Waals surface area contributed by atoms with E-state index in [1.807, 2.05) is 66.7 Å². The minimum absolute atomic E-state index is 0.645. The van der Waals surface area contributed by atoms with Crippen LogP contribution in [0.4, 0.5) is 0 Å². The molecule has 3 heterocycles. The Morgan fingerprint density at radius 3 is 1.77 bits per heavy atom. The molecule has 6 heteroatoms. The third-order valence-electron chi connectivity index (χ3n) is 9.05. The van der Waals surface area contributed by atoms with Crippen LogP contribution in [0.2, 0.25) is 0 Å². The number of thiazole rings is 1. The highest BCUT2D eigenvalue weighted by molar-refractivity contribution is 7.24. The van der Waals surface area contributed by atoms with E-state index in [4.69, 9.17) is 19.9 Å². The summed E-state index contributed by atoms with van der Waals surface area (Å²) in [6, 6.07) is 52.7. The number of para-hydroxylation sites is 2. The fourth-order valence-corrected chi connectivity index (χ4v) is 7.94. The van der Waals surface area contributed by atoms with Gasteiger partial charge in [-0.3, -0.25) is 4.40 Å². The molecule has 0 bridgehead atoms. The first-order valence-electron chi connectivity index (χ1n) is 15.9. The van der Waals surface area contributed by atoms with Crippen molar-refractivity contribution in [3.05, 3.63) is 152 Å². The number of nitrogens with zero attached hydrogens (tertiary/aromatic N) is 5. The van der Waals surface area contributed by atoms with E-state index in [0.717, 1.165) is 43.8 Å². The molecule has 224 valence electrons. The molecule has 0 atom stereocenters. The summed E-state index contributed by atoms with van der Waals surface area (Å²) in [5.74, 6) is 1.95. The molecule has 10 rings (SSSR count). The molecule has 10 aromatic rings. The Balaban J connectivity index is 1.14. The van der Waals surface area contributed by atoms with E-state index in [-0.39, 0.29) is 0 Å². The van der Waals surface area contributed by atoms with E-state index < -0.39 is 0 Å². The van der Waals surface area contributed by atoms with Crippen molar-refractivity contribution in [3.63, 3.8) is 0 Å². The molecule has 3 aromatic heterocycles. The first-order valence-corrected chi connectivity index (χ1v) is 16.7. The third-order valence-corrected chi connectivity index (χ3v) is 10.1. The highest BCUT2D eigenvalue weighted by atomic mass is 32.1. The summed E-state index contributed by atoms with van der Waals surface area (Å²) in [5, 5.41) is 4.93. The van der Waals surface area contributed by atoms with E-state index in [2.05, 4.69) is 89.3 Å². The van der Waals surface area contributed by atoms with E-state index in [0.29, 0.717) is 17.5 Å². The zero-order valence-electron chi connectivity index (χ0n) is 25.6. The Morgan fingerprint density at radius 1 is 0.417 bits per heavy atom. The van der Waals surface area contributed by atoms with E-state index in [1.54, 1.807) is 11.3 Å². The summed E-state index contributed by atoms with van der Waals surface area (Å²) >= 11 is 1.76. The lowest BCUT2D eigenvalue weighted by molar-refractivity contribution is 1.07. The second-order valence-electron chi connectivity index (χ2n) is 12.0. The minimum Gasteiger partial charge on any atom is -0.283 e. The van der Waals surface area contributed by atoms with Gasteiger partial charge in [-0.2, -0.15) is 0 Å². The van der Waals surface area contributed by atoms with Crippen LogP contribution >= 0.6 is 11.3 Å². The molecule has 0 fully saturated rings. The molecule has 0 radical (unpaired) electrons. The summed E-state index contributed by atoms with van der Waals surface area (Å²) in [6.45, 7) is 0. The van der Waals surface area contributed by atoms with Gasteiger partial charge in [0.1, 0.15) is 0 Å². The molecule has 48 heavy (non-hydrogen) atoms. The van der Waals surface area contributed by atoms with Crippen LogP contribution in [-0.4, -0.2) is 24.3 Å². The van der Waals surface area contributed by atoms with E-state index >= 15 is 0 Å². The fraction of sp³-hybridized carbons (Fsp3) is 0. The van der Waals surface area contributed by atoms with Crippen LogP contribution in [0, 0.1) is 0 Å². The van der Waals surface area contributed by atoms with E-state index in [1.165, 1.54) is 31.8 Å². The minimum atomic E-state index is 0.645. The number of hydrogen-bond donors (Lipinski definition) is 0. The normalized spacial score (nSPS) is 11.8. The lowest BCUT2D eigenvalue weighted by Gasteiger charge is -2.11. The molecule has 5 nitrogen and oxygen atoms in total. The molecule has 0 saturated heterocycles. The lowest BCUT2D eigenvalue weighted by Crippen LogP contribution is -2.00. The smallest absolute Gasteiger partial charge is 0.195 e. The molecule has 0 unspecified atom stereocenters. The number of aromatic nitrogens is 5. The predicted octanol–water partition coefficient (Wildman–Crippen LogP) is 10.9. The Bertz CT molecular complexity index is 2780. The van der Waals surface area contributed by atoms with Crippen molar-refractivity contribution in [3.8, 4) is 45.3 Å². The molecular formula is C42H25N5S. The quantitative estimate of drug-likeness (QED) is 0.181. The first-order chi connectivity index (χ1) is 23.8. The second kappa shape index (κ2) is 10.7. The monoisotopic (exact) mass is 631 g/mol. The maximum Gasteiger partial charge on any atom is 0.195 e. The zero-order chi connectivity index (χ0) is 31.6. The molecule has 0 N–H and O–H groups in total. The van der Waals surface area contributed by atoms with Crippen molar-refractivity contribution in [1.82, 2.24) is 24.3 Å². The largest absolute Gasteiger partial charge is 0.283 e. The van der Waals surface area contributed by atoms with Gasteiger partial charge in [0.15, 0.2) is 22.4 Å². The highest BCUT2D eigenvalue weighted by Crippen LogP contribution is 2.40. The van der Waals surface area contributed by atoms with Crippen molar-refractivity contribution < 1.29 is 0 Å². The molecule has 0 aliphatic carbocycles. The molecule has 0 aliphatic heterocycles. The third kappa shape index (κ3) is 4.31. The van der Waals surface area contributed by atoms with Gasteiger partial charge in [-0.05, 0) is 57.6 Å². The van der Waals surface area contributed by atoms with Crippen LogP contribution in [0.3, 0.4) is 0 Å². The Labute approximate surface area is 279 Å². The predicted molar refractivity (Wildman–Crippen MR) is 198 cm³/mol. The van der Waals surface area contributed by atoms with Crippen molar-refractivity contribution in [2.75, 3.05) is 0 Å². The number of hydrogen-bond acceptors (Lipinski definition) is 5. The average Bonchev–Trinajstić information content (AvgIpc) is 3.71. The number of rotatable bonds is 4. The summed E-state index contributed by atoms with van der Waals surface area (Å²) in [4.78, 5) is 20.8. The van der Waals surface area contributed by atoms with Gasteiger partial charge in [-0.15, -0.1) is 0 Å². The maximum atomic E-state index is 4.97. The van der Waals surface area contributed by atoms with Crippen molar-refractivity contribution in [2.45, 2.75) is 0 Å². The van der Waals surface area contributed by atoms with Gasteiger partial charge >= 0.3 is 0 Å². The van der Waals surface area contributed by atoms with Gasteiger partial charge < -0.3 is 0 Å². The maximum absolute atomic E-state index is 4.97. The average molecular weight is 632 g/mol. The van der Waals surface area contributed by atoms with Crippen LogP contribution in [0.25, 0.3) is 93.0 Å². The topological polar surface area (TPSA) is 56.0 Å². The Kier molecular flexibility index (Phi) is 5.98. The molecule has 0 aliphatic rings. The summed E-state index contributed by atoms with van der Waals surface area (Å²) in [5.41, 5.74) is 8.45. The standard InChI is InChI=1S/C42H25N5S/c1-3-10-28(11-4-1)39-44-40(29-12-5-2-6-13-29)46-41(45-39)32-15-9-14-30(24-32)31-21-19-26-18-20-27-22-23-36-38(37(27)33(26)25-31)48-42-43-34-16-7-8-17-35(34)47(36)42/h1-25H. The van der Waals surface area contributed by atoms with Crippen molar-refractivity contribution >= 4 is 59.1 Å². The van der Waals surface area contributed by atoms with Gasteiger partial charge in [0.25, 0.3) is 0 Å². The van der Waals surface area contributed by atoms with Crippen LogP contribution in [0.1, 0.15) is 0 Å². The van der Waals surface area contributed by atoms with E-state index in [9.17, 15) is 0 Å².